The van der Waals surface area contributed by atoms with Gasteiger partial charge in [-0.1, -0.05) is 6.92 Å². The number of methoxy groups -OCH3 is 1. The van der Waals surface area contributed by atoms with Gasteiger partial charge in [0.25, 0.3) is 5.91 Å². The zero-order valence-electron chi connectivity index (χ0n) is 14.1. The summed E-state index contributed by atoms with van der Waals surface area (Å²) in [6.45, 7) is 5.92. The number of furan rings is 1. The van der Waals surface area contributed by atoms with Crippen molar-refractivity contribution in [3.63, 3.8) is 0 Å². The molecule has 1 aliphatic heterocycles. The number of hydrogen-bond donors (Lipinski definition) is 0. The first-order valence-corrected chi connectivity index (χ1v) is 8.24. The van der Waals surface area contributed by atoms with E-state index >= 15 is 0 Å². The fourth-order valence-electron chi connectivity index (χ4n) is 3.10. The molecule has 1 saturated heterocycles. The topological polar surface area (TPSA) is 72.0 Å². The number of hydrogen-bond acceptors (Lipinski definition) is 6. The number of ether oxygens (including phenoxy) is 1. The summed E-state index contributed by atoms with van der Waals surface area (Å²) in [7, 11) is 1.71. The second-order valence-electron chi connectivity index (χ2n) is 5.85. The Hall–Kier alpha value is -2.12. The lowest BCUT2D eigenvalue weighted by molar-refractivity contribution is 0.0381. The summed E-state index contributed by atoms with van der Waals surface area (Å²) in [4.78, 5) is 21.2. The first-order valence-electron chi connectivity index (χ1n) is 8.24. The molecule has 1 aliphatic rings. The maximum atomic E-state index is 12.9. The highest BCUT2D eigenvalue weighted by atomic mass is 16.5. The average molecular weight is 333 g/mol. The Morgan fingerprint density at radius 3 is 3.00 bits per heavy atom. The van der Waals surface area contributed by atoms with E-state index in [-0.39, 0.29) is 5.91 Å². The molecule has 3 heterocycles. The van der Waals surface area contributed by atoms with E-state index in [2.05, 4.69) is 16.8 Å². The molecule has 7 heteroatoms. The summed E-state index contributed by atoms with van der Waals surface area (Å²) in [5.41, 5.74) is 0.310. The second kappa shape index (κ2) is 7.63. The minimum Gasteiger partial charge on any atom is -0.461 e. The van der Waals surface area contributed by atoms with Crippen molar-refractivity contribution >= 4 is 5.91 Å². The number of nitrogens with zero attached hydrogens (tertiary/aromatic N) is 3. The van der Waals surface area contributed by atoms with Gasteiger partial charge < -0.3 is 18.5 Å². The van der Waals surface area contributed by atoms with Crippen LogP contribution in [0.3, 0.4) is 0 Å². The molecule has 0 spiro atoms. The molecule has 2 aromatic rings. The van der Waals surface area contributed by atoms with Crippen molar-refractivity contribution in [3.05, 3.63) is 30.5 Å². The van der Waals surface area contributed by atoms with E-state index in [0.29, 0.717) is 43.0 Å². The summed E-state index contributed by atoms with van der Waals surface area (Å²) >= 11 is 0. The molecule has 0 saturated carbocycles. The predicted octanol–water partition coefficient (Wildman–Crippen LogP) is 2.12. The van der Waals surface area contributed by atoms with Crippen LogP contribution in [0.5, 0.6) is 0 Å². The highest BCUT2D eigenvalue weighted by Crippen LogP contribution is 2.25. The van der Waals surface area contributed by atoms with Gasteiger partial charge in [0.15, 0.2) is 17.8 Å². The maximum Gasteiger partial charge on any atom is 0.276 e. The van der Waals surface area contributed by atoms with Crippen molar-refractivity contribution in [3.8, 4) is 11.5 Å². The number of carbonyl (C=O) groups is 1. The zero-order chi connectivity index (χ0) is 16.9. The standard InChI is InChI=1S/C17H23N3O4/c1-3-13-11-20(7-6-19(13)8-10-22-2)17(21)15-16(24-12-18-15)14-5-4-9-23-14/h4-5,9,12-13H,3,6-8,10-11H2,1-2H3/t13-/m0/s1. The summed E-state index contributed by atoms with van der Waals surface area (Å²) in [5, 5.41) is 0. The Morgan fingerprint density at radius 2 is 2.29 bits per heavy atom. The zero-order valence-corrected chi connectivity index (χ0v) is 14.1. The molecule has 0 aliphatic carbocycles. The van der Waals surface area contributed by atoms with E-state index < -0.39 is 0 Å². The Morgan fingerprint density at radius 1 is 1.42 bits per heavy atom. The van der Waals surface area contributed by atoms with E-state index in [1.807, 2.05) is 4.90 Å². The highest BCUT2D eigenvalue weighted by Gasteiger charge is 2.31. The van der Waals surface area contributed by atoms with Gasteiger partial charge in [-0.2, -0.15) is 0 Å². The smallest absolute Gasteiger partial charge is 0.276 e. The molecular formula is C17H23N3O4. The third-order valence-corrected chi connectivity index (χ3v) is 4.46. The Balaban J connectivity index is 1.72. The van der Waals surface area contributed by atoms with Crippen molar-refractivity contribution in [2.24, 2.45) is 0 Å². The van der Waals surface area contributed by atoms with Crippen LogP contribution in [0.25, 0.3) is 11.5 Å². The lowest BCUT2D eigenvalue weighted by Crippen LogP contribution is -2.55. The van der Waals surface area contributed by atoms with Crippen LogP contribution in [-0.2, 0) is 4.74 Å². The number of rotatable bonds is 6. The van der Waals surface area contributed by atoms with Gasteiger partial charge in [0, 0.05) is 39.3 Å². The average Bonchev–Trinajstić information content (AvgIpc) is 3.29. The van der Waals surface area contributed by atoms with Gasteiger partial charge in [-0.3, -0.25) is 9.69 Å². The van der Waals surface area contributed by atoms with Crippen LogP contribution >= 0.6 is 0 Å². The van der Waals surface area contributed by atoms with E-state index in [4.69, 9.17) is 13.6 Å². The van der Waals surface area contributed by atoms with Crippen molar-refractivity contribution in [2.75, 3.05) is 39.9 Å². The second-order valence-corrected chi connectivity index (χ2v) is 5.85. The number of carbonyl (C=O) groups excluding carboxylic acids is 1. The van der Waals surface area contributed by atoms with E-state index in [1.165, 1.54) is 6.39 Å². The van der Waals surface area contributed by atoms with E-state index in [1.54, 1.807) is 25.5 Å². The lowest BCUT2D eigenvalue weighted by Gasteiger charge is -2.40. The maximum absolute atomic E-state index is 12.9. The number of amides is 1. The Kier molecular flexibility index (Phi) is 5.32. The summed E-state index contributed by atoms with van der Waals surface area (Å²) in [6, 6.07) is 3.85. The van der Waals surface area contributed by atoms with Crippen molar-refractivity contribution in [2.45, 2.75) is 19.4 Å². The molecule has 0 unspecified atom stereocenters. The number of aromatic nitrogens is 1. The molecule has 3 rings (SSSR count). The number of piperazine rings is 1. The number of oxazole rings is 1. The van der Waals surface area contributed by atoms with Gasteiger partial charge >= 0.3 is 0 Å². The first-order chi connectivity index (χ1) is 11.7. The predicted molar refractivity (Wildman–Crippen MR) is 87.6 cm³/mol. The molecule has 1 amide bonds. The van der Waals surface area contributed by atoms with Gasteiger partial charge in [0.1, 0.15) is 0 Å². The largest absolute Gasteiger partial charge is 0.461 e. The molecule has 0 bridgehead atoms. The third-order valence-electron chi connectivity index (χ3n) is 4.46. The molecule has 130 valence electrons. The molecule has 0 N–H and O–H groups in total. The van der Waals surface area contributed by atoms with E-state index in [9.17, 15) is 4.79 Å². The van der Waals surface area contributed by atoms with Crippen LogP contribution in [0.4, 0.5) is 0 Å². The van der Waals surface area contributed by atoms with Crippen LogP contribution in [0.1, 0.15) is 23.8 Å². The Labute approximate surface area is 141 Å². The molecule has 1 atom stereocenters. The van der Waals surface area contributed by atoms with Gasteiger partial charge in [-0.25, -0.2) is 4.98 Å². The van der Waals surface area contributed by atoms with Gasteiger partial charge in [0.05, 0.1) is 12.9 Å². The monoisotopic (exact) mass is 333 g/mol. The van der Waals surface area contributed by atoms with Gasteiger partial charge in [0.2, 0.25) is 5.76 Å². The van der Waals surface area contributed by atoms with Crippen molar-refractivity contribution < 1.29 is 18.4 Å². The highest BCUT2D eigenvalue weighted by molar-refractivity contribution is 5.97. The minimum absolute atomic E-state index is 0.111. The first kappa shape index (κ1) is 16.7. The SMILES string of the molecule is CC[C@H]1CN(C(=O)c2ncoc2-c2ccco2)CCN1CCOC. The molecular weight excluding hydrogens is 310 g/mol. The Bertz CT molecular complexity index is 653. The van der Waals surface area contributed by atoms with Crippen LogP contribution in [0, 0.1) is 0 Å². The molecule has 0 aromatic carbocycles. The fourth-order valence-corrected chi connectivity index (χ4v) is 3.10. The third kappa shape index (κ3) is 3.37. The minimum atomic E-state index is -0.111. The van der Waals surface area contributed by atoms with Crippen LogP contribution in [0.15, 0.2) is 33.6 Å². The molecule has 24 heavy (non-hydrogen) atoms. The molecule has 2 aromatic heterocycles. The van der Waals surface area contributed by atoms with Gasteiger partial charge in [-0.15, -0.1) is 0 Å². The molecule has 7 nitrogen and oxygen atoms in total. The van der Waals surface area contributed by atoms with Crippen molar-refractivity contribution in [1.82, 2.24) is 14.8 Å². The van der Waals surface area contributed by atoms with E-state index in [0.717, 1.165) is 19.5 Å². The van der Waals surface area contributed by atoms with Crippen LogP contribution < -0.4 is 0 Å². The van der Waals surface area contributed by atoms with Crippen LogP contribution in [0.2, 0.25) is 0 Å². The molecule has 1 fully saturated rings. The summed E-state index contributed by atoms with van der Waals surface area (Å²) in [5.74, 6) is 0.793. The summed E-state index contributed by atoms with van der Waals surface area (Å²) in [6.07, 6.45) is 3.82. The fraction of sp³-hybridized carbons (Fsp3) is 0.529. The van der Waals surface area contributed by atoms with Crippen LogP contribution in [-0.4, -0.2) is 66.6 Å². The summed E-state index contributed by atoms with van der Waals surface area (Å²) < 4.78 is 15.9. The normalized spacial score (nSPS) is 18.9. The quantitative estimate of drug-likeness (QED) is 0.806. The molecule has 0 radical (unpaired) electrons. The van der Waals surface area contributed by atoms with Crippen molar-refractivity contribution in [1.29, 1.82) is 0 Å². The van der Waals surface area contributed by atoms with Gasteiger partial charge in [-0.05, 0) is 18.6 Å². The lowest BCUT2D eigenvalue weighted by atomic mass is 10.1.